The highest BCUT2D eigenvalue weighted by molar-refractivity contribution is 5.89. The molecule has 1 aromatic heterocycles. The smallest absolute Gasteiger partial charge is 0.134 e. The van der Waals surface area contributed by atoms with Gasteiger partial charge >= 0.3 is 0 Å². The summed E-state index contributed by atoms with van der Waals surface area (Å²) < 4.78 is 2.56. The van der Waals surface area contributed by atoms with Gasteiger partial charge in [0.2, 0.25) is 0 Å². The maximum Gasteiger partial charge on any atom is 0.134 e. The van der Waals surface area contributed by atoms with Crippen molar-refractivity contribution < 1.29 is 4.79 Å². The summed E-state index contributed by atoms with van der Waals surface area (Å²) in [7, 11) is 0. The second kappa shape index (κ2) is 10.1. The van der Waals surface area contributed by atoms with E-state index in [1.165, 1.54) is 106 Å². The molecule has 1 saturated carbocycles. The first kappa shape index (κ1) is 22.2. The zero-order valence-electron chi connectivity index (χ0n) is 20.1. The van der Waals surface area contributed by atoms with Crippen LogP contribution in [0.15, 0.2) is 30.5 Å². The zero-order chi connectivity index (χ0) is 21.9. The molecule has 3 heteroatoms. The van der Waals surface area contributed by atoms with Crippen LogP contribution >= 0.6 is 0 Å². The standard InChI is InChI=1S/C29H42N2O/c1-22(32)18-23-21-30(29-17-10-9-16-28(23)29)27-19-25-14-11-15-26(20-27)31(25)24-12-7-5-3-2-4-6-8-13-24/h9-10,16-17,21,24-27H,2-8,11-15,18-20H2,1H3/t25-,26+,27?. The number of nitrogens with zero attached hydrogens (tertiary/aromatic N) is 2. The predicted octanol–water partition coefficient (Wildman–Crippen LogP) is 7.22. The van der Waals surface area contributed by atoms with E-state index in [4.69, 9.17) is 0 Å². The average Bonchev–Trinajstić information content (AvgIpc) is 3.14. The van der Waals surface area contributed by atoms with Crippen LogP contribution < -0.4 is 0 Å². The van der Waals surface area contributed by atoms with Crippen LogP contribution in [0.2, 0.25) is 0 Å². The Kier molecular flexibility index (Phi) is 7.02. The predicted molar refractivity (Wildman–Crippen MR) is 133 cm³/mol. The van der Waals surface area contributed by atoms with E-state index in [0.717, 1.165) is 18.1 Å². The van der Waals surface area contributed by atoms with Crippen molar-refractivity contribution >= 4 is 16.7 Å². The summed E-state index contributed by atoms with van der Waals surface area (Å²) in [6, 6.07) is 11.6. The molecule has 3 aliphatic rings. The highest BCUT2D eigenvalue weighted by atomic mass is 16.1. The molecule has 1 unspecified atom stereocenters. The third-order valence-electron chi connectivity index (χ3n) is 8.66. The van der Waals surface area contributed by atoms with Gasteiger partial charge in [0.15, 0.2) is 0 Å². The van der Waals surface area contributed by atoms with Crippen molar-refractivity contribution in [2.24, 2.45) is 0 Å². The lowest BCUT2D eigenvalue weighted by Gasteiger charge is -2.53. The van der Waals surface area contributed by atoms with Crippen LogP contribution in [0, 0.1) is 0 Å². The average molecular weight is 435 g/mol. The van der Waals surface area contributed by atoms with Crippen LogP contribution in [-0.4, -0.2) is 33.4 Å². The van der Waals surface area contributed by atoms with Crippen LogP contribution in [0.3, 0.4) is 0 Å². The molecular weight excluding hydrogens is 392 g/mol. The van der Waals surface area contributed by atoms with Crippen LogP contribution in [-0.2, 0) is 11.2 Å². The van der Waals surface area contributed by atoms with Crippen LogP contribution in [0.25, 0.3) is 10.9 Å². The Bertz CT molecular complexity index is 891. The number of rotatable bonds is 4. The van der Waals surface area contributed by atoms with Gasteiger partial charge in [-0.3, -0.25) is 9.69 Å². The number of carbonyl (C=O) groups excluding carboxylic acids is 1. The minimum Gasteiger partial charge on any atom is -0.344 e. The van der Waals surface area contributed by atoms with E-state index < -0.39 is 0 Å². The number of aromatic nitrogens is 1. The summed E-state index contributed by atoms with van der Waals surface area (Å²) >= 11 is 0. The molecule has 0 spiro atoms. The topological polar surface area (TPSA) is 25.2 Å². The highest BCUT2D eigenvalue weighted by Gasteiger charge is 2.42. The van der Waals surface area contributed by atoms with Crippen molar-refractivity contribution in [3.63, 3.8) is 0 Å². The van der Waals surface area contributed by atoms with Crippen molar-refractivity contribution in [1.82, 2.24) is 9.47 Å². The van der Waals surface area contributed by atoms with E-state index in [9.17, 15) is 4.79 Å². The van der Waals surface area contributed by atoms with E-state index in [1.807, 2.05) is 0 Å². The molecule has 0 amide bonds. The summed E-state index contributed by atoms with van der Waals surface area (Å²) in [6.45, 7) is 1.72. The van der Waals surface area contributed by atoms with Crippen molar-refractivity contribution in [3.05, 3.63) is 36.0 Å². The summed E-state index contributed by atoms with van der Waals surface area (Å²) in [5.74, 6) is 0.260. The lowest BCUT2D eigenvalue weighted by molar-refractivity contribution is -0.116. The summed E-state index contributed by atoms with van der Waals surface area (Å²) in [5, 5.41) is 1.28. The number of ketones is 1. The third-order valence-corrected chi connectivity index (χ3v) is 8.66. The molecule has 2 aromatic rings. The van der Waals surface area contributed by atoms with E-state index in [0.29, 0.717) is 12.5 Å². The molecule has 174 valence electrons. The maximum absolute atomic E-state index is 11.9. The molecular formula is C29H42N2O. The van der Waals surface area contributed by atoms with Gasteiger partial charge in [-0.1, -0.05) is 69.6 Å². The molecule has 2 aliphatic heterocycles. The first-order chi connectivity index (χ1) is 15.7. The van der Waals surface area contributed by atoms with Gasteiger partial charge in [-0.2, -0.15) is 0 Å². The van der Waals surface area contributed by atoms with Gasteiger partial charge in [0.1, 0.15) is 5.78 Å². The number of piperidine rings is 2. The number of Topliss-reactive ketones (excluding diaryl/α,β-unsaturated/α-hetero) is 1. The second-order valence-electron chi connectivity index (χ2n) is 11.0. The van der Waals surface area contributed by atoms with Crippen molar-refractivity contribution in [2.45, 2.75) is 127 Å². The Labute approximate surface area is 194 Å². The van der Waals surface area contributed by atoms with E-state index in [-0.39, 0.29) is 5.78 Å². The number of hydrogen-bond donors (Lipinski definition) is 0. The fourth-order valence-electron chi connectivity index (χ4n) is 7.29. The molecule has 0 radical (unpaired) electrons. The molecule has 0 N–H and O–H groups in total. The molecule has 3 heterocycles. The second-order valence-corrected chi connectivity index (χ2v) is 11.0. The van der Waals surface area contributed by atoms with Gasteiger partial charge in [-0.15, -0.1) is 0 Å². The number of para-hydroxylation sites is 1. The largest absolute Gasteiger partial charge is 0.344 e. The number of carbonyl (C=O) groups is 1. The number of hydrogen-bond acceptors (Lipinski definition) is 2. The zero-order valence-corrected chi connectivity index (χ0v) is 20.1. The number of fused-ring (bicyclic) bond motifs is 3. The van der Waals surface area contributed by atoms with Gasteiger partial charge < -0.3 is 4.57 Å². The first-order valence-corrected chi connectivity index (χ1v) is 13.6. The molecule has 2 saturated heterocycles. The minimum absolute atomic E-state index is 0.260. The molecule has 2 bridgehead atoms. The van der Waals surface area contributed by atoms with Gasteiger partial charge in [-0.05, 0) is 57.1 Å². The summed E-state index contributed by atoms with van der Waals surface area (Å²) in [6.07, 6.45) is 22.6. The highest BCUT2D eigenvalue weighted by Crippen LogP contribution is 2.43. The van der Waals surface area contributed by atoms with Crippen molar-refractivity contribution in [1.29, 1.82) is 0 Å². The van der Waals surface area contributed by atoms with Crippen LogP contribution in [0.5, 0.6) is 0 Å². The quantitative estimate of drug-likeness (QED) is 0.507. The third kappa shape index (κ3) is 4.69. The molecule has 3 fully saturated rings. The van der Waals surface area contributed by atoms with Gasteiger partial charge in [-0.25, -0.2) is 0 Å². The maximum atomic E-state index is 11.9. The molecule has 1 aromatic carbocycles. The monoisotopic (exact) mass is 434 g/mol. The molecule has 3 nitrogen and oxygen atoms in total. The van der Waals surface area contributed by atoms with E-state index in [2.05, 4.69) is 39.9 Å². The van der Waals surface area contributed by atoms with Gasteiger partial charge in [0.25, 0.3) is 0 Å². The number of benzene rings is 1. The van der Waals surface area contributed by atoms with Crippen LogP contribution in [0.4, 0.5) is 0 Å². The Morgan fingerprint density at radius 2 is 1.38 bits per heavy atom. The Morgan fingerprint density at radius 3 is 2.03 bits per heavy atom. The van der Waals surface area contributed by atoms with Crippen LogP contribution in [0.1, 0.15) is 108 Å². The normalized spacial score (nSPS) is 28.6. The first-order valence-electron chi connectivity index (χ1n) is 13.6. The Balaban J connectivity index is 1.38. The minimum atomic E-state index is 0.260. The van der Waals surface area contributed by atoms with Crippen molar-refractivity contribution in [2.75, 3.05) is 0 Å². The molecule has 32 heavy (non-hydrogen) atoms. The fourth-order valence-corrected chi connectivity index (χ4v) is 7.29. The Morgan fingerprint density at radius 1 is 0.781 bits per heavy atom. The molecule has 5 rings (SSSR count). The van der Waals surface area contributed by atoms with Crippen molar-refractivity contribution in [3.8, 4) is 0 Å². The Hall–Kier alpha value is -1.61. The lowest BCUT2D eigenvalue weighted by Crippen LogP contribution is -2.56. The fraction of sp³-hybridized carbons (Fsp3) is 0.690. The van der Waals surface area contributed by atoms with Gasteiger partial charge in [0, 0.05) is 47.7 Å². The summed E-state index contributed by atoms with van der Waals surface area (Å²) in [4.78, 5) is 14.9. The summed E-state index contributed by atoms with van der Waals surface area (Å²) in [5.41, 5.74) is 2.55. The van der Waals surface area contributed by atoms with E-state index >= 15 is 0 Å². The lowest BCUT2D eigenvalue weighted by atomic mass is 9.79. The molecule has 3 atom stereocenters. The van der Waals surface area contributed by atoms with E-state index in [1.54, 1.807) is 6.92 Å². The SMILES string of the molecule is CC(=O)Cc1cn(C2C[C@H]3CCC[C@@H](C2)N3C2CCCCCCCCC2)c2ccccc12. The molecule has 1 aliphatic carbocycles. The van der Waals surface area contributed by atoms with Gasteiger partial charge in [0.05, 0.1) is 0 Å².